The van der Waals surface area contributed by atoms with Crippen molar-refractivity contribution in [3.05, 3.63) is 49.9 Å². The normalized spacial score (nSPS) is 12.2. The lowest BCUT2D eigenvalue weighted by molar-refractivity contribution is 0.0744. The first kappa shape index (κ1) is 15.3. The lowest BCUT2D eigenvalue weighted by atomic mass is 10.2. The van der Waals surface area contributed by atoms with E-state index in [1.54, 1.807) is 29.4 Å². The predicted octanol–water partition coefficient (Wildman–Crippen LogP) is 4.59. The number of pyridine rings is 1. The van der Waals surface area contributed by atoms with Crippen molar-refractivity contribution in [2.45, 2.75) is 19.9 Å². The molecule has 0 spiro atoms. The topological polar surface area (TPSA) is 33.2 Å². The minimum atomic E-state index is -0.130. The molecule has 0 aliphatic carbocycles. The average Bonchev–Trinajstić information content (AvgIpc) is 2.86. The second-order valence-electron chi connectivity index (χ2n) is 4.54. The van der Waals surface area contributed by atoms with Gasteiger partial charge in [-0.1, -0.05) is 23.2 Å². The Bertz CT molecular complexity index is 642. The summed E-state index contributed by atoms with van der Waals surface area (Å²) < 4.78 is 0. The molecule has 0 fully saturated rings. The summed E-state index contributed by atoms with van der Waals surface area (Å²) in [6, 6.07) is 5.63. The van der Waals surface area contributed by atoms with E-state index in [0.717, 1.165) is 4.88 Å². The van der Waals surface area contributed by atoms with Crippen LogP contribution in [0.2, 0.25) is 10.2 Å². The van der Waals surface area contributed by atoms with Crippen molar-refractivity contribution < 1.29 is 4.79 Å². The number of hydrogen-bond acceptors (Lipinski definition) is 3. The molecule has 0 radical (unpaired) electrons. The highest BCUT2D eigenvalue weighted by atomic mass is 35.5. The highest BCUT2D eigenvalue weighted by molar-refractivity contribution is 7.12. The third-order valence-electron chi connectivity index (χ3n) is 3.12. The van der Waals surface area contributed by atoms with Crippen LogP contribution in [0.3, 0.4) is 0 Å². The van der Waals surface area contributed by atoms with Crippen LogP contribution in [0.25, 0.3) is 0 Å². The average molecular weight is 329 g/mol. The van der Waals surface area contributed by atoms with Gasteiger partial charge in [0.05, 0.1) is 16.6 Å². The van der Waals surface area contributed by atoms with Crippen molar-refractivity contribution in [1.29, 1.82) is 0 Å². The summed E-state index contributed by atoms with van der Waals surface area (Å²) >= 11 is 13.3. The van der Waals surface area contributed by atoms with Crippen LogP contribution in [0.15, 0.2) is 24.4 Å². The van der Waals surface area contributed by atoms with Crippen LogP contribution >= 0.6 is 34.5 Å². The first-order chi connectivity index (χ1) is 9.40. The maximum Gasteiger partial charge on any atom is 0.255 e. The Morgan fingerprint density at radius 2 is 2.10 bits per heavy atom. The summed E-state index contributed by atoms with van der Waals surface area (Å²) in [5, 5.41) is 0.485. The smallest absolute Gasteiger partial charge is 0.255 e. The first-order valence-corrected chi connectivity index (χ1v) is 7.62. The van der Waals surface area contributed by atoms with Crippen LogP contribution in [0, 0.1) is 6.92 Å². The zero-order valence-electron chi connectivity index (χ0n) is 11.4. The fourth-order valence-electron chi connectivity index (χ4n) is 1.79. The van der Waals surface area contributed by atoms with Crippen LogP contribution in [-0.4, -0.2) is 22.8 Å². The minimum Gasteiger partial charge on any atom is -0.334 e. The SMILES string of the molecule is Cc1ccc(C(C)N(C)C(=O)c2cnc(Cl)c(Cl)c2)s1. The predicted molar refractivity (Wildman–Crippen MR) is 83.8 cm³/mol. The van der Waals surface area contributed by atoms with E-state index in [1.807, 2.05) is 19.9 Å². The zero-order chi connectivity index (χ0) is 14.9. The Morgan fingerprint density at radius 1 is 1.40 bits per heavy atom. The summed E-state index contributed by atoms with van der Waals surface area (Å²) in [6.07, 6.45) is 1.44. The fraction of sp³-hybridized carbons (Fsp3) is 0.286. The summed E-state index contributed by atoms with van der Waals surface area (Å²) in [6.45, 7) is 4.04. The molecule has 6 heteroatoms. The zero-order valence-corrected chi connectivity index (χ0v) is 13.7. The number of carbonyl (C=O) groups is 1. The van der Waals surface area contributed by atoms with Gasteiger partial charge in [0, 0.05) is 23.0 Å². The highest BCUT2D eigenvalue weighted by Crippen LogP contribution is 2.28. The number of aryl methyl sites for hydroxylation is 1. The summed E-state index contributed by atoms with van der Waals surface area (Å²) in [5.74, 6) is -0.130. The van der Waals surface area contributed by atoms with E-state index in [0.29, 0.717) is 5.56 Å². The molecule has 2 heterocycles. The van der Waals surface area contributed by atoms with Gasteiger partial charge in [0.25, 0.3) is 5.91 Å². The van der Waals surface area contributed by atoms with Gasteiger partial charge in [0.2, 0.25) is 0 Å². The lowest BCUT2D eigenvalue weighted by Crippen LogP contribution is -2.29. The third-order valence-corrected chi connectivity index (χ3v) is 4.97. The van der Waals surface area contributed by atoms with E-state index in [2.05, 4.69) is 11.1 Å². The molecule has 3 nitrogen and oxygen atoms in total. The van der Waals surface area contributed by atoms with Crippen LogP contribution in [0.1, 0.15) is 33.1 Å². The Morgan fingerprint density at radius 3 is 2.65 bits per heavy atom. The third kappa shape index (κ3) is 3.14. The van der Waals surface area contributed by atoms with Crippen LogP contribution < -0.4 is 0 Å². The standard InChI is InChI=1S/C14H14Cl2N2OS/c1-8-4-5-12(20-8)9(2)18(3)14(19)10-6-11(15)13(16)17-7-10/h4-7,9H,1-3H3. The van der Waals surface area contributed by atoms with Crippen molar-refractivity contribution in [1.82, 2.24) is 9.88 Å². The van der Waals surface area contributed by atoms with Crippen LogP contribution in [0.5, 0.6) is 0 Å². The van der Waals surface area contributed by atoms with E-state index >= 15 is 0 Å². The molecule has 0 bridgehead atoms. The number of rotatable bonds is 3. The molecule has 106 valence electrons. The van der Waals surface area contributed by atoms with Gasteiger partial charge >= 0.3 is 0 Å². The van der Waals surface area contributed by atoms with Crippen molar-refractivity contribution in [3.63, 3.8) is 0 Å². The van der Waals surface area contributed by atoms with Crippen molar-refractivity contribution >= 4 is 40.4 Å². The fourth-order valence-corrected chi connectivity index (χ4v) is 3.03. The van der Waals surface area contributed by atoms with E-state index < -0.39 is 0 Å². The van der Waals surface area contributed by atoms with Gasteiger partial charge < -0.3 is 4.90 Å². The minimum absolute atomic E-state index is 0.00402. The van der Waals surface area contributed by atoms with Crippen molar-refractivity contribution in [2.75, 3.05) is 7.05 Å². The van der Waals surface area contributed by atoms with Crippen molar-refractivity contribution in [2.24, 2.45) is 0 Å². The van der Waals surface area contributed by atoms with Crippen LogP contribution in [-0.2, 0) is 0 Å². The van der Waals surface area contributed by atoms with E-state index in [4.69, 9.17) is 23.2 Å². The van der Waals surface area contributed by atoms with Gasteiger partial charge in [-0.25, -0.2) is 4.98 Å². The molecule has 2 aromatic heterocycles. The molecule has 0 saturated carbocycles. The largest absolute Gasteiger partial charge is 0.334 e. The molecule has 20 heavy (non-hydrogen) atoms. The number of thiophene rings is 1. The Kier molecular flexibility index (Phi) is 4.68. The summed E-state index contributed by atoms with van der Waals surface area (Å²) in [4.78, 5) is 20.4. The molecule has 0 saturated heterocycles. The molecule has 0 aromatic carbocycles. The van der Waals surface area contributed by atoms with E-state index in [-0.39, 0.29) is 22.1 Å². The number of hydrogen-bond donors (Lipinski definition) is 0. The van der Waals surface area contributed by atoms with Gasteiger partial charge in [-0.3, -0.25) is 4.79 Å². The molecule has 2 rings (SSSR count). The second-order valence-corrected chi connectivity index (χ2v) is 6.62. The maximum absolute atomic E-state index is 12.4. The summed E-state index contributed by atoms with van der Waals surface area (Å²) in [7, 11) is 1.77. The van der Waals surface area contributed by atoms with Gasteiger partial charge in [-0.2, -0.15) is 0 Å². The molecular formula is C14H14Cl2N2OS. The number of amides is 1. The maximum atomic E-state index is 12.4. The van der Waals surface area contributed by atoms with Gasteiger partial charge in [-0.15, -0.1) is 11.3 Å². The Balaban J connectivity index is 2.21. The van der Waals surface area contributed by atoms with Crippen LogP contribution in [0.4, 0.5) is 0 Å². The molecule has 1 atom stereocenters. The number of aromatic nitrogens is 1. The van der Waals surface area contributed by atoms with Crippen molar-refractivity contribution in [3.8, 4) is 0 Å². The van der Waals surface area contributed by atoms with E-state index in [9.17, 15) is 4.79 Å². The Labute approximate surface area is 132 Å². The quantitative estimate of drug-likeness (QED) is 0.772. The highest BCUT2D eigenvalue weighted by Gasteiger charge is 2.21. The van der Waals surface area contributed by atoms with Gasteiger partial charge in [0.15, 0.2) is 0 Å². The Hall–Kier alpha value is -1.10. The molecule has 1 amide bonds. The second kappa shape index (κ2) is 6.12. The molecule has 0 N–H and O–H groups in total. The molecule has 1 unspecified atom stereocenters. The molecular weight excluding hydrogens is 315 g/mol. The first-order valence-electron chi connectivity index (χ1n) is 6.04. The molecule has 0 aliphatic heterocycles. The molecule has 0 aliphatic rings. The summed E-state index contributed by atoms with van der Waals surface area (Å²) in [5.41, 5.74) is 0.432. The lowest BCUT2D eigenvalue weighted by Gasteiger charge is -2.24. The van der Waals surface area contributed by atoms with Gasteiger partial charge in [0.1, 0.15) is 5.15 Å². The monoisotopic (exact) mass is 328 g/mol. The van der Waals surface area contributed by atoms with Gasteiger partial charge in [-0.05, 0) is 32.0 Å². The number of halogens is 2. The number of carbonyl (C=O) groups excluding carboxylic acids is 1. The molecule has 2 aromatic rings. The number of nitrogens with zero attached hydrogens (tertiary/aromatic N) is 2. The van der Waals surface area contributed by atoms with E-state index in [1.165, 1.54) is 11.1 Å².